The minimum Gasteiger partial charge on any atom is -0.502 e. The summed E-state index contributed by atoms with van der Waals surface area (Å²) in [6, 6.07) is 3.04. The zero-order chi connectivity index (χ0) is 15.0. The number of nitro benzene ring substituents is 1. The van der Waals surface area contributed by atoms with Gasteiger partial charge in [0.15, 0.2) is 5.75 Å². The smallest absolute Gasteiger partial charge is 0.312 e. The van der Waals surface area contributed by atoms with Crippen molar-refractivity contribution in [2.75, 3.05) is 0 Å². The van der Waals surface area contributed by atoms with E-state index in [4.69, 9.17) is 0 Å². The molecule has 0 bridgehead atoms. The Morgan fingerprint density at radius 2 is 1.95 bits per heavy atom. The Labute approximate surface area is 116 Å². The van der Waals surface area contributed by atoms with Gasteiger partial charge in [0.2, 0.25) is 10.0 Å². The normalized spacial score (nSPS) is 18.1. The molecule has 0 aromatic heterocycles. The highest BCUT2D eigenvalue weighted by Crippen LogP contribution is 2.32. The summed E-state index contributed by atoms with van der Waals surface area (Å²) in [5.74, 6) is -0.555. The number of nitrogens with one attached hydrogen (secondary N) is 1. The molecule has 1 aliphatic rings. The summed E-state index contributed by atoms with van der Waals surface area (Å²) in [6.07, 6.45) is 3.39. The van der Waals surface area contributed by atoms with Crippen LogP contribution in [0.1, 0.15) is 32.6 Å². The number of phenols is 1. The van der Waals surface area contributed by atoms with Gasteiger partial charge in [-0.3, -0.25) is 10.1 Å². The van der Waals surface area contributed by atoms with Gasteiger partial charge in [-0.25, -0.2) is 13.1 Å². The van der Waals surface area contributed by atoms with E-state index >= 15 is 0 Å². The van der Waals surface area contributed by atoms with Gasteiger partial charge in [-0.2, -0.15) is 0 Å². The van der Waals surface area contributed by atoms with Crippen LogP contribution in [-0.2, 0) is 10.0 Å². The van der Waals surface area contributed by atoms with Crippen LogP contribution < -0.4 is 4.72 Å². The molecule has 2 N–H and O–H groups in total. The maximum absolute atomic E-state index is 12.3. The van der Waals surface area contributed by atoms with E-state index < -0.39 is 31.9 Å². The summed E-state index contributed by atoms with van der Waals surface area (Å²) >= 11 is 0. The van der Waals surface area contributed by atoms with Crippen molar-refractivity contribution in [1.82, 2.24) is 4.72 Å². The quantitative estimate of drug-likeness (QED) is 0.652. The van der Waals surface area contributed by atoms with Gasteiger partial charge in [0, 0.05) is 11.6 Å². The van der Waals surface area contributed by atoms with Crippen molar-refractivity contribution in [2.24, 2.45) is 0 Å². The van der Waals surface area contributed by atoms with Gasteiger partial charge in [0.1, 0.15) is 0 Å². The van der Waals surface area contributed by atoms with Crippen molar-refractivity contribution in [2.45, 2.75) is 43.0 Å². The van der Waals surface area contributed by atoms with Gasteiger partial charge in [0.05, 0.1) is 9.82 Å². The molecule has 1 fully saturated rings. The summed E-state index contributed by atoms with van der Waals surface area (Å²) in [4.78, 5) is 9.71. The van der Waals surface area contributed by atoms with E-state index in [9.17, 15) is 23.6 Å². The molecule has 0 saturated heterocycles. The third kappa shape index (κ3) is 2.91. The first-order valence-corrected chi connectivity index (χ1v) is 7.73. The van der Waals surface area contributed by atoms with Crippen molar-refractivity contribution in [3.63, 3.8) is 0 Å². The first kappa shape index (κ1) is 14.7. The fraction of sp³-hybridized carbons (Fsp3) is 0.500. The van der Waals surface area contributed by atoms with Crippen molar-refractivity contribution in [3.05, 3.63) is 28.3 Å². The number of hydrogen-bond donors (Lipinski definition) is 2. The summed E-state index contributed by atoms with van der Waals surface area (Å²) in [7, 11) is -3.84. The number of benzene rings is 1. The second-order valence-corrected chi connectivity index (χ2v) is 6.96. The Bertz CT molecular complexity index is 635. The van der Waals surface area contributed by atoms with E-state index in [1.165, 1.54) is 0 Å². The van der Waals surface area contributed by atoms with E-state index in [0.717, 1.165) is 43.9 Å². The Kier molecular flexibility index (Phi) is 3.70. The molecule has 1 aliphatic carbocycles. The monoisotopic (exact) mass is 300 g/mol. The zero-order valence-electron chi connectivity index (χ0n) is 11.0. The van der Waals surface area contributed by atoms with Crippen LogP contribution in [0.15, 0.2) is 23.1 Å². The fourth-order valence-electron chi connectivity index (χ4n) is 2.46. The molecule has 8 heteroatoms. The molecule has 2 rings (SSSR count). The fourth-order valence-corrected chi connectivity index (χ4v) is 3.94. The maximum atomic E-state index is 12.3. The molecule has 0 unspecified atom stereocenters. The number of nitro groups is 1. The summed E-state index contributed by atoms with van der Waals surface area (Å²) in [5.41, 5.74) is -1.13. The minimum absolute atomic E-state index is 0.213. The molecule has 1 aromatic carbocycles. The zero-order valence-corrected chi connectivity index (χ0v) is 11.8. The Morgan fingerprint density at radius 1 is 1.35 bits per heavy atom. The maximum Gasteiger partial charge on any atom is 0.312 e. The predicted octanol–water partition coefficient (Wildman–Crippen LogP) is 1.91. The largest absolute Gasteiger partial charge is 0.502 e. The van der Waals surface area contributed by atoms with E-state index in [1.54, 1.807) is 0 Å². The lowest BCUT2D eigenvalue weighted by atomic mass is 10.0. The lowest BCUT2D eigenvalue weighted by molar-refractivity contribution is -0.386. The third-order valence-corrected chi connectivity index (χ3v) is 5.18. The van der Waals surface area contributed by atoms with Crippen LogP contribution in [0.4, 0.5) is 5.69 Å². The molecular formula is C12H16N2O5S. The Balaban J connectivity index is 2.34. The van der Waals surface area contributed by atoms with Crippen molar-refractivity contribution >= 4 is 15.7 Å². The van der Waals surface area contributed by atoms with Crippen molar-refractivity contribution in [1.29, 1.82) is 0 Å². The van der Waals surface area contributed by atoms with Crippen LogP contribution in [0, 0.1) is 10.1 Å². The number of aromatic hydroxyl groups is 1. The van der Waals surface area contributed by atoms with E-state index in [2.05, 4.69) is 4.72 Å². The second kappa shape index (κ2) is 5.02. The van der Waals surface area contributed by atoms with Crippen LogP contribution in [0.5, 0.6) is 5.75 Å². The van der Waals surface area contributed by atoms with Gasteiger partial charge in [-0.05, 0) is 31.9 Å². The predicted molar refractivity (Wildman–Crippen MR) is 72.0 cm³/mol. The van der Waals surface area contributed by atoms with Gasteiger partial charge in [-0.1, -0.05) is 12.8 Å². The SMILES string of the molecule is CC1(NS(=O)(=O)c2ccc(O)c([N+](=O)[O-])c2)CCCC1. The Morgan fingerprint density at radius 3 is 2.50 bits per heavy atom. The first-order chi connectivity index (χ1) is 9.23. The van der Waals surface area contributed by atoms with E-state index in [0.29, 0.717) is 0 Å². The number of sulfonamides is 1. The van der Waals surface area contributed by atoms with Crippen LogP contribution in [0.25, 0.3) is 0 Å². The highest BCUT2D eigenvalue weighted by Gasteiger charge is 2.34. The average molecular weight is 300 g/mol. The highest BCUT2D eigenvalue weighted by atomic mass is 32.2. The molecule has 0 aliphatic heterocycles. The first-order valence-electron chi connectivity index (χ1n) is 6.25. The topological polar surface area (TPSA) is 110 Å². The molecule has 0 spiro atoms. The van der Waals surface area contributed by atoms with Gasteiger partial charge >= 0.3 is 5.69 Å². The number of hydrogen-bond acceptors (Lipinski definition) is 5. The van der Waals surface area contributed by atoms with Gasteiger partial charge in [0.25, 0.3) is 0 Å². The summed E-state index contributed by atoms with van der Waals surface area (Å²) < 4.78 is 27.1. The molecule has 1 saturated carbocycles. The molecule has 110 valence electrons. The summed E-state index contributed by atoms with van der Waals surface area (Å²) in [5, 5.41) is 20.1. The standard InChI is InChI=1S/C12H16N2O5S/c1-12(6-2-3-7-12)13-20(18,19)9-4-5-11(15)10(8-9)14(16)17/h4-5,8,13,15H,2-3,6-7H2,1H3. The molecular weight excluding hydrogens is 284 g/mol. The number of rotatable bonds is 4. The lowest BCUT2D eigenvalue weighted by Crippen LogP contribution is -2.43. The van der Waals surface area contributed by atoms with Crippen LogP contribution in [0.2, 0.25) is 0 Å². The van der Waals surface area contributed by atoms with E-state index in [-0.39, 0.29) is 4.90 Å². The number of phenolic OH excluding ortho intramolecular Hbond substituents is 1. The van der Waals surface area contributed by atoms with Crippen LogP contribution in [0.3, 0.4) is 0 Å². The summed E-state index contributed by atoms with van der Waals surface area (Å²) in [6.45, 7) is 1.83. The highest BCUT2D eigenvalue weighted by molar-refractivity contribution is 7.89. The van der Waals surface area contributed by atoms with Crippen molar-refractivity contribution < 1.29 is 18.4 Å². The molecule has 0 radical (unpaired) electrons. The third-order valence-electron chi connectivity index (χ3n) is 3.54. The van der Waals surface area contributed by atoms with Crippen LogP contribution in [-0.4, -0.2) is 24.0 Å². The lowest BCUT2D eigenvalue weighted by Gasteiger charge is -2.24. The van der Waals surface area contributed by atoms with Crippen LogP contribution >= 0.6 is 0 Å². The molecule has 0 heterocycles. The van der Waals surface area contributed by atoms with Crippen molar-refractivity contribution in [3.8, 4) is 5.75 Å². The minimum atomic E-state index is -3.84. The molecule has 1 aromatic rings. The molecule has 20 heavy (non-hydrogen) atoms. The van der Waals surface area contributed by atoms with Gasteiger partial charge < -0.3 is 5.11 Å². The molecule has 0 amide bonds. The average Bonchev–Trinajstić information content (AvgIpc) is 2.74. The molecule has 7 nitrogen and oxygen atoms in total. The second-order valence-electron chi connectivity index (χ2n) is 5.28. The number of nitrogens with zero attached hydrogens (tertiary/aromatic N) is 1. The molecule has 0 atom stereocenters. The van der Waals surface area contributed by atoms with Gasteiger partial charge in [-0.15, -0.1) is 0 Å². The van der Waals surface area contributed by atoms with E-state index in [1.807, 2.05) is 6.92 Å². The Hall–Kier alpha value is -1.67.